The van der Waals surface area contributed by atoms with Crippen LogP contribution in [0.3, 0.4) is 0 Å². The van der Waals surface area contributed by atoms with Crippen LogP contribution in [0, 0.1) is 5.82 Å². The molecule has 9 heteroatoms. The fourth-order valence-corrected chi connectivity index (χ4v) is 2.41. The number of halogens is 4. The van der Waals surface area contributed by atoms with E-state index in [1.807, 2.05) is 0 Å². The number of nitrogens with zero attached hydrogens (tertiary/aromatic N) is 3. The van der Waals surface area contributed by atoms with Crippen molar-refractivity contribution in [1.82, 2.24) is 14.9 Å². The van der Waals surface area contributed by atoms with Crippen LogP contribution in [0.25, 0.3) is 0 Å². The molecule has 2 aromatic rings. The molecular weight excluding hydrogens is 296 g/mol. The summed E-state index contributed by atoms with van der Waals surface area (Å²) >= 11 is 1.01. The van der Waals surface area contributed by atoms with Gasteiger partial charge in [0.05, 0.1) is 0 Å². The molecule has 0 aliphatic heterocycles. The highest BCUT2D eigenvalue weighted by Gasteiger charge is 2.38. The first-order valence-corrected chi connectivity index (χ1v) is 6.37. The maximum atomic E-state index is 12.8. The van der Waals surface area contributed by atoms with Crippen LogP contribution in [0.1, 0.15) is 23.6 Å². The van der Waals surface area contributed by atoms with Gasteiger partial charge >= 0.3 is 6.18 Å². The van der Waals surface area contributed by atoms with Crippen LogP contribution < -0.4 is 5.84 Å². The number of nitrogens with two attached hydrogens (primary N) is 1. The summed E-state index contributed by atoms with van der Waals surface area (Å²) in [6.07, 6.45) is -4.65. The van der Waals surface area contributed by atoms with Crippen molar-refractivity contribution >= 4 is 11.8 Å². The predicted molar refractivity (Wildman–Crippen MR) is 65.8 cm³/mol. The van der Waals surface area contributed by atoms with Crippen molar-refractivity contribution in [2.75, 3.05) is 5.84 Å². The van der Waals surface area contributed by atoms with Gasteiger partial charge in [-0.05, 0) is 24.6 Å². The largest absolute Gasteiger partial charge is 0.453 e. The van der Waals surface area contributed by atoms with Crippen LogP contribution in [-0.2, 0) is 6.18 Å². The second kappa shape index (κ2) is 5.31. The third-order valence-corrected chi connectivity index (χ3v) is 3.65. The predicted octanol–water partition coefficient (Wildman–Crippen LogP) is 3.00. The van der Waals surface area contributed by atoms with Gasteiger partial charge in [0.1, 0.15) is 5.82 Å². The number of hydrogen-bond donors (Lipinski definition) is 1. The summed E-state index contributed by atoms with van der Waals surface area (Å²) in [5.41, 5.74) is 0.743. The Kier molecular flexibility index (Phi) is 3.89. The molecule has 1 atom stereocenters. The normalized spacial score (nSPS) is 13.4. The second-order valence-electron chi connectivity index (χ2n) is 3.99. The summed E-state index contributed by atoms with van der Waals surface area (Å²) in [6.45, 7) is 1.75. The van der Waals surface area contributed by atoms with Gasteiger partial charge in [-0.1, -0.05) is 23.9 Å². The molecule has 0 radical (unpaired) electrons. The molecule has 0 unspecified atom stereocenters. The Hall–Kier alpha value is -1.77. The molecule has 108 valence electrons. The third-order valence-electron chi connectivity index (χ3n) is 2.54. The first-order chi connectivity index (χ1) is 9.29. The maximum absolute atomic E-state index is 12.8. The van der Waals surface area contributed by atoms with Crippen molar-refractivity contribution < 1.29 is 17.6 Å². The summed E-state index contributed by atoms with van der Waals surface area (Å²) in [4.78, 5) is 0. The number of nitrogen functional groups attached to an aromatic ring is 1. The van der Waals surface area contributed by atoms with Crippen molar-refractivity contribution in [3.05, 3.63) is 41.5 Å². The molecule has 0 spiro atoms. The number of benzene rings is 1. The van der Waals surface area contributed by atoms with E-state index in [-0.39, 0.29) is 16.2 Å². The summed E-state index contributed by atoms with van der Waals surface area (Å²) in [5, 5.41) is 6.14. The molecule has 1 aromatic carbocycles. The number of aromatic nitrogens is 3. The summed E-state index contributed by atoms with van der Waals surface area (Å²) in [6, 6.07) is 5.66. The summed E-state index contributed by atoms with van der Waals surface area (Å²) in [7, 11) is 0. The van der Waals surface area contributed by atoms with Gasteiger partial charge in [0.15, 0.2) is 0 Å². The van der Waals surface area contributed by atoms with Crippen LogP contribution in [0.15, 0.2) is 29.4 Å². The lowest BCUT2D eigenvalue weighted by Gasteiger charge is -2.11. The maximum Gasteiger partial charge on any atom is 0.453 e. The third kappa shape index (κ3) is 3.03. The van der Waals surface area contributed by atoms with Crippen LogP contribution in [-0.4, -0.2) is 14.9 Å². The quantitative estimate of drug-likeness (QED) is 0.538. The lowest BCUT2D eigenvalue weighted by Crippen LogP contribution is -2.21. The molecule has 2 rings (SSSR count). The highest BCUT2D eigenvalue weighted by atomic mass is 32.2. The van der Waals surface area contributed by atoms with E-state index in [0.717, 1.165) is 17.3 Å². The topological polar surface area (TPSA) is 56.7 Å². The zero-order valence-corrected chi connectivity index (χ0v) is 11.0. The number of rotatable bonds is 3. The van der Waals surface area contributed by atoms with E-state index in [1.54, 1.807) is 19.1 Å². The molecule has 0 saturated carbocycles. The molecule has 0 amide bonds. The monoisotopic (exact) mass is 306 g/mol. The molecular formula is C11H10F4N4S. The summed E-state index contributed by atoms with van der Waals surface area (Å²) < 4.78 is 50.7. The minimum Gasteiger partial charge on any atom is -0.335 e. The van der Waals surface area contributed by atoms with Crippen LogP contribution in [0.2, 0.25) is 0 Å². The first kappa shape index (κ1) is 14.6. The van der Waals surface area contributed by atoms with E-state index in [0.29, 0.717) is 4.68 Å². The minimum atomic E-state index is -4.65. The molecule has 20 heavy (non-hydrogen) atoms. The second-order valence-corrected chi connectivity index (χ2v) is 5.29. The first-order valence-electron chi connectivity index (χ1n) is 5.49. The Balaban J connectivity index is 2.18. The van der Waals surface area contributed by atoms with Crippen LogP contribution in [0.4, 0.5) is 17.6 Å². The van der Waals surface area contributed by atoms with Gasteiger partial charge in [-0.2, -0.15) is 13.2 Å². The molecule has 0 saturated heterocycles. The Labute approximate surface area is 116 Å². The number of hydrogen-bond acceptors (Lipinski definition) is 4. The Morgan fingerprint density at radius 1 is 1.20 bits per heavy atom. The molecule has 0 aliphatic rings. The molecule has 2 N–H and O–H groups in total. The van der Waals surface area contributed by atoms with Gasteiger partial charge in [0.25, 0.3) is 5.82 Å². The average molecular weight is 306 g/mol. The molecule has 0 aliphatic carbocycles. The van der Waals surface area contributed by atoms with Gasteiger partial charge in [-0.25, -0.2) is 9.07 Å². The Bertz CT molecular complexity index is 593. The molecule has 1 aromatic heterocycles. The van der Waals surface area contributed by atoms with E-state index in [1.165, 1.54) is 12.1 Å². The van der Waals surface area contributed by atoms with E-state index in [2.05, 4.69) is 10.2 Å². The molecule has 1 heterocycles. The Morgan fingerprint density at radius 2 is 1.80 bits per heavy atom. The van der Waals surface area contributed by atoms with Crippen molar-refractivity contribution in [2.24, 2.45) is 0 Å². The zero-order chi connectivity index (χ0) is 14.9. The van der Waals surface area contributed by atoms with Gasteiger partial charge in [-0.3, -0.25) is 0 Å². The minimum absolute atomic E-state index is 0.0610. The van der Waals surface area contributed by atoms with Gasteiger partial charge < -0.3 is 5.84 Å². The number of thioether (sulfide) groups is 1. The van der Waals surface area contributed by atoms with Crippen LogP contribution in [0.5, 0.6) is 0 Å². The Morgan fingerprint density at radius 3 is 2.30 bits per heavy atom. The van der Waals surface area contributed by atoms with Crippen molar-refractivity contribution in [1.29, 1.82) is 0 Å². The van der Waals surface area contributed by atoms with E-state index in [9.17, 15) is 17.6 Å². The summed E-state index contributed by atoms with van der Waals surface area (Å²) in [5.74, 6) is 3.69. The van der Waals surface area contributed by atoms with Gasteiger partial charge in [0.2, 0.25) is 5.16 Å². The molecule has 0 bridgehead atoms. The highest BCUT2D eigenvalue weighted by molar-refractivity contribution is 7.99. The van der Waals surface area contributed by atoms with Crippen molar-refractivity contribution in [3.63, 3.8) is 0 Å². The zero-order valence-electron chi connectivity index (χ0n) is 10.2. The molecule has 4 nitrogen and oxygen atoms in total. The van der Waals surface area contributed by atoms with E-state index in [4.69, 9.17) is 5.84 Å². The van der Waals surface area contributed by atoms with E-state index < -0.39 is 12.0 Å². The van der Waals surface area contributed by atoms with Crippen molar-refractivity contribution in [3.8, 4) is 0 Å². The van der Waals surface area contributed by atoms with Crippen LogP contribution >= 0.6 is 11.8 Å². The van der Waals surface area contributed by atoms with E-state index >= 15 is 0 Å². The fourth-order valence-electron chi connectivity index (χ4n) is 1.51. The molecule has 0 fully saturated rings. The average Bonchev–Trinajstić information content (AvgIpc) is 2.71. The van der Waals surface area contributed by atoms with Gasteiger partial charge in [0, 0.05) is 5.25 Å². The number of alkyl halides is 3. The highest BCUT2D eigenvalue weighted by Crippen LogP contribution is 2.35. The van der Waals surface area contributed by atoms with Gasteiger partial charge in [-0.15, -0.1) is 10.2 Å². The lowest BCUT2D eigenvalue weighted by atomic mass is 10.2. The lowest BCUT2D eigenvalue weighted by molar-refractivity contribution is -0.146. The SMILES string of the molecule is C[C@@H](Sc1nnc(C(F)(F)F)n1N)c1ccc(F)cc1. The van der Waals surface area contributed by atoms with Crippen molar-refractivity contribution in [2.45, 2.75) is 23.5 Å². The standard InChI is InChI=1S/C11H10F4N4S/c1-6(7-2-4-8(12)5-3-7)20-10-18-17-9(19(10)16)11(13,14)15/h2-6H,16H2,1H3/t6-/m1/s1. The smallest absolute Gasteiger partial charge is 0.335 e. The fraction of sp³-hybridized carbons (Fsp3) is 0.273.